The van der Waals surface area contributed by atoms with E-state index in [2.05, 4.69) is 12.1 Å². The summed E-state index contributed by atoms with van der Waals surface area (Å²) in [5.41, 5.74) is 2.16. The lowest BCUT2D eigenvalue weighted by Crippen LogP contribution is -2.21. The van der Waals surface area contributed by atoms with Gasteiger partial charge in [0.15, 0.2) is 0 Å². The molecule has 1 saturated carbocycles. The van der Waals surface area contributed by atoms with Crippen LogP contribution in [-0.4, -0.2) is 25.7 Å². The van der Waals surface area contributed by atoms with Crippen LogP contribution in [0.4, 0.5) is 0 Å². The Bertz CT molecular complexity index is 500. The summed E-state index contributed by atoms with van der Waals surface area (Å²) >= 11 is 0. The molecule has 0 amide bonds. The second kappa shape index (κ2) is 7.97. The fourth-order valence-corrected chi connectivity index (χ4v) is 3.08. The highest BCUT2D eigenvalue weighted by molar-refractivity contribution is 5.78. The first-order valence-corrected chi connectivity index (χ1v) is 7.93. The minimum Gasteiger partial charge on any atom is -0.468 e. The van der Waals surface area contributed by atoms with Crippen LogP contribution in [0.3, 0.4) is 0 Å². The summed E-state index contributed by atoms with van der Waals surface area (Å²) in [4.78, 5) is 22.9. The minimum atomic E-state index is -0.561. The molecule has 22 heavy (non-hydrogen) atoms. The zero-order valence-electron chi connectivity index (χ0n) is 13.3. The predicted molar refractivity (Wildman–Crippen MR) is 83.7 cm³/mol. The van der Waals surface area contributed by atoms with Gasteiger partial charge in [-0.05, 0) is 29.9 Å². The Morgan fingerprint density at radius 1 is 1.14 bits per heavy atom. The average Bonchev–Trinajstić information content (AvgIpc) is 2.56. The second-order valence-corrected chi connectivity index (χ2v) is 5.88. The predicted octanol–water partition coefficient (Wildman–Crippen LogP) is 3.55. The van der Waals surface area contributed by atoms with Crippen LogP contribution < -0.4 is 0 Å². The van der Waals surface area contributed by atoms with Crippen LogP contribution in [-0.2, 0) is 19.1 Å². The number of ether oxygens (including phenoxy) is 2. The molecule has 0 spiro atoms. The molecule has 0 saturated heterocycles. The van der Waals surface area contributed by atoms with Gasteiger partial charge in [0.05, 0.1) is 7.11 Å². The van der Waals surface area contributed by atoms with E-state index in [9.17, 15) is 9.59 Å². The van der Waals surface area contributed by atoms with Gasteiger partial charge in [-0.15, -0.1) is 0 Å². The number of carbonyl (C=O) groups is 2. The molecule has 0 bridgehead atoms. The lowest BCUT2D eigenvalue weighted by atomic mass is 9.83. The highest BCUT2D eigenvalue weighted by Gasteiger charge is 2.23. The van der Waals surface area contributed by atoms with Crippen LogP contribution in [0.1, 0.15) is 62.0 Å². The van der Waals surface area contributed by atoms with Crippen molar-refractivity contribution in [3.63, 3.8) is 0 Å². The van der Waals surface area contributed by atoms with Crippen molar-refractivity contribution in [3.8, 4) is 0 Å². The van der Waals surface area contributed by atoms with E-state index in [4.69, 9.17) is 9.47 Å². The van der Waals surface area contributed by atoms with E-state index in [-0.39, 0.29) is 12.6 Å². The van der Waals surface area contributed by atoms with Crippen molar-refractivity contribution >= 4 is 11.9 Å². The van der Waals surface area contributed by atoms with Crippen molar-refractivity contribution < 1.29 is 19.1 Å². The highest BCUT2D eigenvalue weighted by Crippen LogP contribution is 2.33. The summed E-state index contributed by atoms with van der Waals surface area (Å²) < 4.78 is 9.80. The summed E-state index contributed by atoms with van der Waals surface area (Å²) in [5, 5.41) is 0. The third kappa shape index (κ3) is 4.33. The largest absolute Gasteiger partial charge is 0.468 e. The topological polar surface area (TPSA) is 52.6 Å². The molecule has 1 aromatic carbocycles. The van der Waals surface area contributed by atoms with Crippen molar-refractivity contribution in [2.45, 2.75) is 50.9 Å². The van der Waals surface area contributed by atoms with Crippen molar-refractivity contribution in [1.82, 2.24) is 0 Å². The molecule has 1 aliphatic carbocycles. The molecule has 1 unspecified atom stereocenters. The Balaban J connectivity index is 2.10. The van der Waals surface area contributed by atoms with Crippen molar-refractivity contribution in [2.75, 3.05) is 13.7 Å². The number of hydrogen-bond donors (Lipinski definition) is 0. The molecule has 4 nitrogen and oxygen atoms in total. The zero-order valence-corrected chi connectivity index (χ0v) is 13.3. The smallest absolute Gasteiger partial charge is 0.316 e. The number of rotatable bonds is 5. The summed E-state index contributed by atoms with van der Waals surface area (Å²) in [6.45, 7) is 1.35. The van der Waals surface area contributed by atoms with Crippen LogP contribution >= 0.6 is 0 Å². The zero-order chi connectivity index (χ0) is 15.9. The number of hydrogen-bond acceptors (Lipinski definition) is 4. The Kier molecular flexibility index (Phi) is 5.99. The normalized spacial score (nSPS) is 16.8. The van der Waals surface area contributed by atoms with E-state index < -0.39 is 11.9 Å². The standard InChI is InChI=1S/C18H24O4/c1-13(19)22-12-17(18(20)21-2)16-10-8-15(9-11-16)14-6-4-3-5-7-14/h8-11,14,17H,3-7,12H2,1-2H3. The van der Waals surface area contributed by atoms with Gasteiger partial charge in [-0.3, -0.25) is 9.59 Å². The molecule has 1 atom stereocenters. The van der Waals surface area contributed by atoms with E-state index in [0.29, 0.717) is 5.92 Å². The van der Waals surface area contributed by atoms with Crippen LogP contribution in [0.2, 0.25) is 0 Å². The maximum Gasteiger partial charge on any atom is 0.316 e. The van der Waals surface area contributed by atoms with Gasteiger partial charge in [-0.1, -0.05) is 43.5 Å². The van der Waals surface area contributed by atoms with E-state index in [1.807, 2.05) is 12.1 Å². The summed E-state index contributed by atoms with van der Waals surface area (Å²) in [5.74, 6) is -0.707. The molecule has 2 rings (SSSR count). The average molecular weight is 304 g/mol. The molecule has 0 N–H and O–H groups in total. The van der Waals surface area contributed by atoms with Gasteiger partial charge in [-0.2, -0.15) is 0 Å². The lowest BCUT2D eigenvalue weighted by Gasteiger charge is -2.22. The van der Waals surface area contributed by atoms with Gasteiger partial charge in [-0.25, -0.2) is 0 Å². The molecule has 0 heterocycles. The van der Waals surface area contributed by atoms with Gasteiger partial charge >= 0.3 is 11.9 Å². The first kappa shape index (κ1) is 16.5. The number of benzene rings is 1. The molecule has 4 heteroatoms. The van der Waals surface area contributed by atoms with Gasteiger partial charge in [0, 0.05) is 6.92 Å². The van der Waals surface area contributed by atoms with Crippen LogP contribution in [0.15, 0.2) is 24.3 Å². The molecular weight excluding hydrogens is 280 g/mol. The SMILES string of the molecule is COC(=O)C(COC(C)=O)c1ccc(C2CCCCC2)cc1. The van der Waals surface area contributed by atoms with Crippen molar-refractivity contribution in [3.05, 3.63) is 35.4 Å². The first-order valence-electron chi connectivity index (χ1n) is 7.93. The monoisotopic (exact) mass is 304 g/mol. The number of carbonyl (C=O) groups excluding carboxylic acids is 2. The molecule has 0 radical (unpaired) electrons. The third-order valence-corrected chi connectivity index (χ3v) is 4.35. The molecule has 1 fully saturated rings. The lowest BCUT2D eigenvalue weighted by molar-refractivity contribution is -0.148. The van der Waals surface area contributed by atoms with Crippen LogP contribution in [0, 0.1) is 0 Å². The minimum absolute atomic E-state index is 0.0186. The fraction of sp³-hybridized carbons (Fsp3) is 0.556. The van der Waals surface area contributed by atoms with Gasteiger partial charge in [0.1, 0.15) is 12.5 Å². The maximum absolute atomic E-state index is 11.9. The van der Waals surface area contributed by atoms with Gasteiger partial charge in [0.2, 0.25) is 0 Å². The van der Waals surface area contributed by atoms with Crippen molar-refractivity contribution in [1.29, 1.82) is 0 Å². The molecular formula is C18H24O4. The Morgan fingerprint density at radius 3 is 2.32 bits per heavy atom. The van der Waals surface area contributed by atoms with E-state index >= 15 is 0 Å². The number of esters is 2. The van der Waals surface area contributed by atoms with Crippen molar-refractivity contribution in [2.24, 2.45) is 0 Å². The quantitative estimate of drug-likeness (QED) is 0.781. The first-order chi connectivity index (χ1) is 10.6. The van der Waals surface area contributed by atoms with E-state index in [1.54, 1.807) is 0 Å². The van der Waals surface area contributed by atoms with Gasteiger partial charge < -0.3 is 9.47 Å². The maximum atomic E-state index is 11.9. The van der Waals surface area contributed by atoms with Crippen LogP contribution in [0.25, 0.3) is 0 Å². The third-order valence-electron chi connectivity index (χ3n) is 4.35. The molecule has 1 aromatic rings. The van der Waals surface area contributed by atoms with E-state index in [0.717, 1.165) is 5.56 Å². The Hall–Kier alpha value is -1.84. The Labute approximate surface area is 131 Å². The molecule has 1 aliphatic rings. The molecule has 0 aliphatic heterocycles. The molecule has 0 aromatic heterocycles. The van der Waals surface area contributed by atoms with Crippen LogP contribution in [0.5, 0.6) is 0 Å². The van der Waals surface area contributed by atoms with Gasteiger partial charge in [0.25, 0.3) is 0 Å². The number of methoxy groups -OCH3 is 1. The second-order valence-electron chi connectivity index (χ2n) is 5.88. The highest BCUT2D eigenvalue weighted by atomic mass is 16.5. The summed E-state index contributed by atoms with van der Waals surface area (Å²) in [6, 6.07) is 8.09. The summed E-state index contributed by atoms with van der Waals surface area (Å²) in [7, 11) is 1.35. The molecule has 120 valence electrons. The summed E-state index contributed by atoms with van der Waals surface area (Å²) in [6.07, 6.45) is 6.41. The fourth-order valence-electron chi connectivity index (χ4n) is 3.08. The Morgan fingerprint density at radius 2 is 1.77 bits per heavy atom. The van der Waals surface area contributed by atoms with E-state index in [1.165, 1.54) is 51.7 Å².